The highest BCUT2D eigenvalue weighted by atomic mass is 19.3. The molecule has 0 rings (SSSR count). The van der Waals surface area contributed by atoms with Crippen LogP contribution in [0.4, 0.5) is 8.78 Å². The van der Waals surface area contributed by atoms with Crippen LogP contribution in [-0.4, -0.2) is 31.3 Å². The van der Waals surface area contributed by atoms with Crippen molar-refractivity contribution >= 4 is 0 Å². The molecule has 0 aromatic carbocycles. The lowest BCUT2D eigenvalue weighted by atomic mass is 10.1. The molecule has 0 heterocycles. The van der Waals surface area contributed by atoms with Crippen LogP contribution in [0, 0.1) is 5.92 Å². The molecule has 0 spiro atoms. The average Bonchev–Trinajstić information content (AvgIpc) is 2.24. The summed E-state index contributed by atoms with van der Waals surface area (Å²) in [6, 6.07) is 0. The first-order valence-electron chi connectivity index (χ1n) is 6.10. The number of halogens is 2. The van der Waals surface area contributed by atoms with Crippen molar-refractivity contribution in [2.45, 2.75) is 52.7 Å². The van der Waals surface area contributed by atoms with Gasteiger partial charge in [0.2, 0.25) is 0 Å². The zero-order chi connectivity index (χ0) is 13.5. The molecule has 0 saturated heterocycles. The number of hydrogen-bond donors (Lipinski definition) is 0. The van der Waals surface area contributed by atoms with Crippen molar-refractivity contribution in [3.05, 3.63) is 12.2 Å². The van der Waals surface area contributed by atoms with Gasteiger partial charge in [-0.1, -0.05) is 19.9 Å². The van der Waals surface area contributed by atoms with Gasteiger partial charge in [-0.25, -0.2) is 8.78 Å². The van der Waals surface area contributed by atoms with Crippen molar-refractivity contribution in [3.8, 4) is 0 Å². The Kier molecular flexibility index (Phi) is 7.55. The second kappa shape index (κ2) is 7.77. The maximum absolute atomic E-state index is 13.2. The van der Waals surface area contributed by atoms with Crippen LogP contribution in [0.25, 0.3) is 0 Å². The molecule has 0 radical (unpaired) electrons. The molecule has 0 bridgehead atoms. The minimum atomic E-state index is -2.77. The first kappa shape index (κ1) is 16.5. The van der Waals surface area contributed by atoms with Crippen molar-refractivity contribution in [1.29, 1.82) is 0 Å². The third-order valence-electron chi connectivity index (χ3n) is 2.66. The lowest BCUT2D eigenvalue weighted by molar-refractivity contribution is -0.0452. The fourth-order valence-electron chi connectivity index (χ4n) is 1.14. The molecular formula is C13H24F2O2. The van der Waals surface area contributed by atoms with Gasteiger partial charge < -0.3 is 9.47 Å². The molecule has 0 aromatic heterocycles. The largest absolute Gasteiger partial charge is 0.376 e. The Morgan fingerprint density at radius 3 is 2.06 bits per heavy atom. The minimum Gasteiger partial charge on any atom is -0.376 e. The molecule has 102 valence electrons. The molecule has 0 N–H and O–H groups in total. The van der Waals surface area contributed by atoms with Crippen molar-refractivity contribution in [3.63, 3.8) is 0 Å². The fraction of sp³-hybridized carbons (Fsp3) is 0.846. The zero-order valence-corrected chi connectivity index (χ0v) is 11.4. The Labute approximate surface area is 103 Å². The standard InChI is InChI=1S/C13H24F2O2/c1-6-16-11(4)12(5)17-9-7-8-13(14,15)10(2)3/h7-8,10-12H,6,9H2,1-5H3/b8-7+. The highest BCUT2D eigenvalue weighted by Crippen LogP contribution is 2.25. The summed E-state index contributed by atoms with van der Waals surface area (Å²) in [6.45, 7) is 9.47. The second-order valence-corrected chi connectivity index (χ2v) is 4.43. The van der Waals surface area contributed by atoms with E-state index < -0.39 is 11.8 Å². The zero-order valence-electron chi connectivity index (χ0n) is 11.4. The smallest absolute Gasteiger partial charge is 0.268 e. The van der Waals surface area contributed by atoms with E-state index in [9.17, 15) is 8.78 Å². The molecule has 0 aliphatic heterocycles. The summed E-state index contributed by atoms with van der Waals surface area (Å²) in [5.74, 6) is -3.46. The highest BCUT2D eigenvalue weighted by molar-refractivity contribution is 4.96. The normalized spacial score (nSPS) is 16.7. The quantitative estimate of drug-likeness (QED) is 0.612. The van der Waals surface area contributed by atoms with Crippen molar-refractivity contribution < 1.29 is 18.3 Å². The molecule has 0 saturated carbocycles. The molecular weight excluding hydrogens is 226 g/mol. The lowest BCUT2D eigenvalue weighted by Crippen LogP contribution is -2.26. The Morgan fingerprint density at radius 2 is 1.59 bits per heavy atom. The van der Waals surface area contributed by atoms with Crippen molar-refractivity contribution in [1.82, 2.24) is 0 Å². The molecule has 0 aliphatic carbocycles. The molecule has 0 amide bonds. The predicted molar refractivity (Wildman–Crippen MR) is 65.4 cm³/mol. The van der Waals surface area contributed by atoms with Crippen molar-refractivity contribution in [2.24, 2.45) is 5.92 Å². The summed E-state index contributed by atoms with van der Waals surface area (Å²) in [5, 5.41) is 0. The first-order valence-corrected chi connectivity index (χ1v) is 6.10. The minimum absolute atomic E-state index is 0.0287. The van der Waals surface area contributed by atoms with E-state index in [0.29, 0.717) is 6.61 Å². The maximum Gasteiger partial charge on any atom is 0.268 e. The van der Waals surface area contributed by atoms with Gasteiger partial charge in [0.1, 0.15) is 0 Å². The third-order valence-corrected chi connectivity index (χ3v) is 2.66. The summed E-state index contributed by atoms with van der Waals surface area (Å²) in [7, 11) is 0. The highest BCUT2D eigenvalue weighted by Gasteiger charge is 2.29. The third kappa shape index (κ3) is 6.74. The van der Waals surface area contributed by atoms with Gasteiger partial charge in [-0.05, 0) is 26.8 Å². The van der Waals surface area contributed by atoms with Gasteiger partial charge in [-0.3, -0.25) is 0 Å². The van der Waals surface area contributed by atoms with Gasteiger partial charge in [0, 0.05) is 12.5 Å². The van der Waals surface area contributed by atoms with Gasteiger partial charge in [-0.15, -0.1) is 0 Å². The number of allylic oxidation sites excluding steroid dienone is 1. The van der Waals surface area contributed by atoms with Gasteiger partial charge in [-0.2, -0.15) is 0 Å². The van der Waals surface area contributed by atoms with E-state index in [4.69, 9.17) is 9.47 Å². The topological polar surface area (TPSA) is 18.5 Å². The first-order chi connectivity index (χ1) is 7.81. The van der Waals surface area contributed by atoms with E-state index in [2.05, 4.69) is 0 Å². The Hall–Kier alpha value is -0.480. The Morgan fingerprint density at radius 1 is 1.06 bits per heavy atom. The second-order valence-electron chi connectivity index (χ2n) is 4.43. The number of rotatable bonds is 8. The number of hydrogen-bond acceptors (Lipinski definition) is 2. The van der Waals surface area contributed by atoms with Crippen LogP contribution in [0.3, 0.4) is 0 Å². The van der Waals surface area contributed by atoms with Gasteiger partial charge in [0.05, 0.1) is 18.8 Å². The van der Waals surface area contributed by atoms with Crippen LogP contribution in [0.1, 0.15) is 34.6 Å². The molecule has 0 fully saturated rings. The number of alkyl halides is 2. The summed E-state index contributed by atoms with van der Waals surface area (Å²) < 4.78 is 37.1. The van der Waals surface area contributed by atoms with E-state index in [0.717, 1.165) is 6.08 Å². The maximum atomic E-state index is 13.2. The van der Waals surface area contributed by atoms with E-state index in [-0.39, 0.29) is 18.8 Å². The fourth-order valence-corrected chi connectivity index (χ4v) is 1.14. The molecule has 17 heavy (non-hydrogen) atoms. The van der Waals surface area contributed by atoms with E-state index >= 15 is 0 Å². The SMILES string of the molecule is CCOC(C)C(C)OC/C=C/C(F)(F)C(C)C. The van der Waals surface area contributed by atoms with Crippen LogP contribution >= 0.6 is 0 Å². The average molecular weight is 250 g/mol. The van der Waals surface area contributed by atoms with Gasteiger partial charge in [0.25, 0.3) is 5.92 Å². The van der Waals surface area contributed by atoms with Crippen LogP contribution in [0.2, 0.25) is 0 Å². The summed E-state index contributed by atoms with van der Waals surface area (Å²) >= 11 is 0. The van der Waals surface area contributed by atoms with E-state index in [1.807, 2.05) is 20.8 Å². The van der Waals surface area contributed by atoms with Crippen molar-refractivity contribution in [2.75, 3.05) is 13.2 Å². The monoisotopic (exact) mass is 250 g/mol. The molecule has 2 unspecified atom stereocenters. The van der Waals surface area contributed by atoms with Gasteiger partial charge in [0.15, 0.2) is 0 Å². The Balaban J connectivity index is 3.95. The molecule has 0 aliphatic rings. The van der Waals surface area contributed by atoms with Crippen LogP contribution in [0.15, 0.2) is 12.2 Å². The summed E-state index contributed by atoms with van der Waals surface area (Å²) in [6.07, 6.45) is 2.15. The van der Waals surface area contributed by atoms with Crippen LogP contribution < -0.4 is 0 Å². The Bertz CT molecular complexity index is 227. The van der Waals surface area contributed by atoms with Gasteiger partial charge >= 0.3 is 0 Å². The summed E-state index contributed by atoms with van der Waals surface area (Å²) in [4.78, 5) is 0. The predicted octanol–water partition coefficient (Wildman–Crippen LogP) is 3.66. The molecule has 0 aromatic rings. The van der Waals surface area contributed by atoms with Crippen LogP contribution in [-0.2, 0) is 9.47 Å². The van der Waals surface area contributed by atoms with E-state index in [1.54, 1.807) is 0 Å². The molecule has 4 heteroatoms. The molecule has 2 nitrogen and oxygen atoms in total. The number of ether oxygens (including phenoxy) is 2. The summed E-state index contributed by atoms with van der Waals surface area (Å²) in [5.41, 5.74) is 0. The lowest BCUT2D eigenvalue weighted by Gasteiger charge is -2.20. The molecule has 2 atom stereocenters. The van der Waals surface area contributed by atoms with Crippen LogP contribution in [0.5, 0.6) is 0 Å². The van der Waals surface area contributed by atoms with E-state index in [1.165, 1.54) is 19.9 Å².